The number of rotatable bonds is 7. The predicted molar refractivity (Wildman–Crippen MR) is 80.1 cm³/mol. The Hall–Kier alpha value is -1.63. The summed E-state index contributed by atoms with van der Waals surface area (Å²) < 4.78 is 15.2. The summed E-state index contributed by atoms with van der Waals surface area (Å²) >= 11 is 0. The van der Waals surface area contributed by atoms with Gasteiger partial charge >= 0.3 is 17.9 Å². The molecule has 7 heteroatoms. The normalized spacial score (nSPS) is 12.0. The molecule has 0 saturated carbocycles. The van der Waals surface area contributed by atoms with Gasteiger partial charge in [-0.05, 0) is 41.7 Å². The Balaban J connectivity index is 4.33. The third-order valence-electron chi connectivity index (χ3n) is 2.44. The summed E-state index contributed by atoms with van der Waals surface area (Å²) in [6, 6.07) is 0. The van der Waals surface area contributed by atoms with Gasteiger partial charge in [0.05, 0.1) is 6.54 Å². The van der Waals surface area contributed by atoms with Crippen molar-refractivity contribution in [3.8, 4) is 0 Å². The number of hydrogen-bond acceptors (Lipinski definition) is 7. The number of ether oxygens (including phenoxy) is 3. The third kappa shape index (κ3) is 9.33. The Morgan fingerprint density at radius 2 is 1.55 bits per heavy atom. The molecule has 0 radical (unpaired) electrons. The molecule has 0 saturated heterocycles. The Labute approximate surface area is 131 Å². The molecule has 128 valence electrons. The van der Waals surface area contributed by atoms with Gasteiger partial charge in [0.25, 0.3) is 0 Å². The van der Waals surface area contributed by atoms with Crippen molar-refractivity contribution in [1.29, 1.82) is 0 Å². The van der Waals surface area contributed by atoms with Gasteiger partial charge in [0.15, 0.2) is 0 Å². The van der Waals surface area contributed by atoms with Gasteiger partial charge in [-0.3, -0.25) is 14.5 Å². The molecule has 22 heavy (non-hydrogen) atoms. The Bertz CT molecular complexity index is 411. The summed E-state index contributed by atoms with van der Waals surface area (Å²) in [5.41, 5.74) is -2.01. The quantitative estimate of drug-likeness (QED) is 0.514. The first-order valence-corrected chi connectivity index (χ1v) is 7.10. The van der Waals surface area contributed by atoms with E-state index in [4.69, 9.17) is 14.2 Å². The summed E-state index contributed by atoms with van der Waals surface area (Å²) in [6.07, 6.45) is 0. The van der Waals surface area contributed by atoms with Crippen molar-refractivity contribution in [3.05, 3.63) is 0 Å². The van der Waals surface area contributed by atoms with E-state index in [-0.39, 0.29) is 19.1 Å². The molecule has 0 aliphatic carbocycles. The fraction of sp³-hybridized carbons (Fsp3) is 0.800. The maximum atomic E-state index is 12.0. The molecule has 0 unspecified atom stereocenters. The molecule has 0 spiro atoms. The number of esters is 3. The molecule has 7 nitrogen and oxygen atoms in total. The van der Waals surface area contributed by atoms with Gasteiger partial charge < -0.3 is 14.2 Å². The average molecular weight is 317 g/mol. The predicted octanol–water partition coefficient (Wildman–Crippen LogP) is 1.14. The molecule has 0 aliphatic rings. The van der Waals surface area contributed by atoms with Crippen LogP contribution in [0.4, 0.5) is 0 Å². The van der Waals surface area contributed by atoms with E-state index in [1.165, 1.54) is 20.8 Å². The molecule has 0 aromatic heterocycles. The van der Waals surface area contributed by atoms with Crippen LogP contribution in [0.15, 0.2) is 0 Å². The van der Waals surface area contributed by atoms with Crippen LogP contribution in [0.1, 0.15) is 41.5 Å². The van der Waals surface area contributed by atoms with E-state index in [0.717, 1.165) is 0 Å². The molecule has 0 rings (SSSR count). The summed E-state index contributed by atoms with van der Waals surface area (Å²) in [6.45, 7) is 10.1. The lowest BCUT2D eigenvalue weighted by atomic mass is 10.1. The molecule has 0 atom stereocenters. The van der Waals surface area contributed by atoms with Crippen molar-refractivity contribution >= 4 is 17.9 Å². The molecule has 0 aromatic carbocycles. The van der Waals surface area contributed by atoms with Crippen molar-refractivity contribution in [2.45, 2.75) is 52.7 Å². The first-order chi connectivity index (χ1) is 9.83. The number of hydrogen-bond donors (Lipinski definition) is 0. The fourth-order valence-corrected chi connectivity index (χ4v) is 1.40. The zero-order valence-corrected chi connectivity index (χ0v) is 14.5. The smallest absolute Gasteiger partial charge is 0.350 e. The molecular weight excluding hydrogens is 290 g/mol. The summed E-state index contributed by atoms with van der Waals surface area (Å²) in [5, 5.41) is 0. The van der Waals surface area contributed by atoms with Gasteiger partial charge in [0, 0.05) is 13.5 Å². The van der Waals surface area contributed by atoms with Crippen LogP contribution in [0, 0.1) is 0 Å². The molecule has 0 aromatic rings. The van der Waals surface area contributed by atoms with Gasteiger partial charge in [0.1, 0.15) is 12.2 Å². The van der Waals surface area contributed by atoms with Gasteiger partial charge in [-0.15, -0.1) is 0 Å². The van der Waals surface area contributed by atoms with Gasteiger partial charge in [-0.1, -0.05) is 0 Å². The van der Waals surface area contributed by atoms with Crippen molar-refractivity contribution in [2.75, 3.05) is 26.7 Å². The number of nitrogens with zero attached hydrogens (tertiary/aromatic N) is 1. The summed E-state index contributed by atoms with van der Waals surface area (Å²) in [5.74, 6) is -1.53. The van der Waals surface area contributed by atoms with Crippen LogP contribution in [-0.2, 0) is 28.6 Å². The second-order valence-corrected chi connectivity index (χ2v) is 6.56. The van der Waals surface area contributed by atoms with E-state index in [1.54, 1.807) is 32.7 Å². The van der Waals surface area contributed by atoms with Crippen LogP contribution in [-0.4, -0.2) is 60.8 Å². The molecule has 0 fully saturated rings. The monoisotopic (exact) mass is 317 g/mol. The molecular formula is C15H27NO6. The van der Waals surface area contributed by atoms with Gasteiger partial charge in [-0.25, -0.2) is 4.79 Å². The topological polar surface area (TPSA) is 82.1 Å². The molecule has 0 bridgehead atoms. The largest absolute Gasteiger partial charge is 0.465 e. The SMILES string of the molecule is CC(=O)OCCN(C)CC(=O)OC(C)(C)C(=O)OC(C)(C)C. The van der Waals surface area contributed by atoms with Gasteiger partial charge in [-0.2, -0.15) is 0 Å². The number of carbonyl (C=O) groups is 3. The molecule has 0 amide bonds. The molecule has 0 N–H and O–H groups in total. The zero-order valence-electron chi connectivity index (χ0n) is 14.5. The fourth-order valence-electron chi connectivity index (χ4n) is 1.40. The van der Waals surface area contributed by atoms with Crippen LogP contribution < -0.4 is 0 Å². The Morgan fingerprint density at radius 1 is 1.00 bits per heavy atom. The van der Waals surface area contributed by atoms with Crippen LogP contribution in [0.3, 0.4) is 0 Å². The first-order valence-electron chi connectivity index (χ1n) is 7.10. The zero-order chi connectivity index (χ0) is 17.6. The highest BCUT2D eigenvalue weighted by Gasteiger charge is 2.36. The second-order valence-electron chi connectivity index (χ2n) is 6.56. The van der Waals surface area contributed by atoms with Crippen LogP contribution >= 0.6 is 0 Å². The minimum atomic E-state index is -1.36. The van der Waals surface area contributed by atoms with Crippen LogP contribution in [0.25, 0.3) is 0 Å². The van der Waals surface area contributed by atoms with E-state index in [9.17, 15) is 14.4 Å². The molecule has 0 heterocycles. The van der Waals surface area contributed by atoms with E-state index in [2.05, 4.69) is 0 Å². The highest BCUT2D eigenvalue weighted by molar-refractivity contribution is 5.83. The van der Waals surface area contributed by atoms with Crippen molar-refractivity contribution in [2.24, 2.45) is 0 Å². The van der Waals surface area contributed by atoms with Crippen molar-refractivity contribution in [3.63, 3.8) is 0 Å². The van der Waals surface area contributed by atoms with E-state index in [1.807, 2.05) is 0 Å². The molecule has 0 aliphatic heterocycles. The maximum Gasteiger partial charge on any atom is 0.350 e. The third-order valence-corrected chi connectivity index (χ3v) is 2.44. The summed E-state index contributed by atoms with van der Waals surface area (Å²) in [7, 11) is 1.69. The lowest BCUT2D eigenvalue weighted by Crippen LogP contribution is -2.44. The highest BCUT2D eigenvalue weighted by atomic mass is 16.6. The number of likely N-dealkylation sites (N-methyl/N-ethyl adjacent to an activating group) is 1. The minimum absolute atomic E-state index is 0.0203. The lowest BCUT2D eigenvalue weighted by Gasteiger charge is -2.28. The second kappa shape index (κ2) is 8.12. The van der Waals surface area contributed by atoms with E-state index in [0.29, 0.717) is 6.54 Å². The Morgan fingerprint density at radius 3 is 2.00 bits per heavy atom. The van der Waals surface area contributed by atoms with E-state index >= 15 is 0 Å². The van der Waals surface area contributed by atoms with Crippen LogP contribution in [0.2, 0.25) is 0 Å². The van der Waals surface area contributed by atoms with E-state index < -0.39 is 23.1 Å². The maximum absolute atomic E-state index is 12.0. The first kappa shape index (κ1) is 20.4. The van der Waals surface area contributed by atoms with Crippen molar-refractivity contribution in [1.82, 2.24) is 4.90 Å². The average Bonchev–Trinajstić information content (AvgIpc) is 2.24. The summed E-state index contributed by atoms with van der Waals surface area (Å²) in [4.78, 5) is 36.1. The minimum Gasteiger partial charge on any atom is -0.465 e. The number of carbonyl (C=O) groups excluding carboxylic acids is 3. The Kier molecular flexibility index (Phi) is 7.52. The highest BCUT2D eigenvalue weighted by Crippen LogP contribution is 2.17. The van der Waals surface area contributed by atoms with Gasteiger partial charge in [0.2, 0.25) is 5.60 Å². The van der Waals surface area contributed by atoms with Crippen LogP contribution in [0.5, 0.6) is 0 Å². The lowest BCUT2D eigenvalue weighted by molar-refractivity contribution is -0.186. The van der Waals surface area contributed by atoms with Crippen molar-refractivity contribution < 1.29 is 28.6 Å². The standard InChI is InChI=1S/C15H27NO6/c1-11(17)20-9-8-16(7)10-12(18)21-15(5,6)13(19)22-14(2,3)4/h8-10H2,1-7H3.